The van der Waals surface area contributed by atoms with Gasteiger partial charge in [-0.05, 0) is 50.9 Å². The molecular weight excluding hydrogens is 236 g/mol. The van der Waals surface area contributed by atoms with Crippen LogP contribution in [0, 0.1) is 5.92 Å². The summed E-state index contributed by atoms with van der Waals surface area (Å²) >= 11 is 0. The lowest BCUT2D eigenvalue weighted by Crippen LogP contribution is -2.38. The highest BCUT2D eigenvalue weighted by molar-refractivity contribution is 5.51. The van der Waals surface area contributed by atoms with Crippen LogP contribution < -0.4 is 10.2 Å². The van der Waals surface area contributed by atoms with E-state index in [1.165, 1.54) is 25.2 Å². The van der Waals surface area contributed by atoms with Gasteiger partial charge in [-0.2, -0.15) is 0 Å². The van der Waals surface area contributed by atoms with E-state index >= 15 is 0 Å². The monoisotopic (exact) mass is 258 g/mol. The molecule has 4 heteroatoms. The Morgan fingerprint density at radius 1 is 1.47 bits per heavy atom. The Kier molecular flexibility index (Phi) is 3.69. The van der Waals surface area contributed by atoms with E-state index in [0.29, 0.717) is 0 Å². The van der Waals surface area contributed by atoms with Crippen LogP contribution in [-0.2, 0) is 0 Å². The first-order valence-electron chi connectivity index (χ1n) is 7.26. The number of aromatic nitrogens is 2. The van der Waals surface area contributed by atoms with Gasteiger partial charge in [0.15, 0.2) is 0 Å². The van der Waals surface area contributed by atoms with Crippen molar-refractivity contribution in [3.8, 4) is 0 Å². The number of imidazole rings is 1. The van der Waals surface area contributed by atoms with Crippen molar-refractivity contribution in [1.29, 1.82) is 0 Å². The van der Waals surface area contributed by atoms with E-state index in [1.807, 2.05) is 12.4 Å². The first kappa shape index (κ1) is 12.5. The zero-order chi connectivity index (χ0) is 13.1. The molecule has 1 atom stereocenters. The van der Waals surface area contributed by atoms with E-state index in [0.717, 1.165) is 31.2 Å². The van der Waals surface area contributed by atoms with E-state index < -0.39 is 0 Å². The Morgan fingerprint density at radius 3 is 3.21 bits per heavy atom. The minimum Gasteiger partial charge on any atom is -0.358 e. The summed E-state index contributed by atoms with van der Waals surface area (Å²) in [5, 5.41) is 3.50. The van der Waals surface area contributed by atoms with Gasteiger partial charge in [-0.1, -0.05) is 6.07 Å². The minimum absolute atomic E-state index is 0.757. The maximum Gasteiger partial charge on any atom is 0.138 e. The molecule has 0 bridgehead atoms. The fourth-order valence-electron chi connectivity index (χ4n) is 2.97. The summed E-state index contributed by atoms with van der Waals surface area (Å²) in [6, 6.07) is 6.34. The molecule has 1 N–H and O–H groups in total. The van der Waals surface area contributed by atoms with Crippen LogP contribution in [0.4, 0.5) is 5.82 Å². The molecule has 1 fully saturated rings. The second kappa shape index (κ2) is 5.61. The van der Waals surface area contributed by atoms with Gasteiger partial charge >= 0.3 is 0 Å². The molecule has 3 heterocycles. The maximum atomic E-state index is 4.37. The molecule has 0 amide bonds. The van der Waals surface area contributed by atoms with Gasteiger partial charge in [0, 0.05) is 25.5 Å². The van der Waals surface area contributed by atoms with Crippen molar-refractivity contribution in [3.05, 3.63) is 30.6 Å². The van der Waals surface area contributed by atoms with Crippen molar-refractivity contribution in [3.63, 3.8) is 0 Å². The fraction of sp³-hybridized carbons (Fsp3) is 0.533. The van der Waals surface area contributed by atoms with Gasteiger partial charge in [-0.15, -0.1) is 0 Å². The van der Waals surface area contributed by atoms with Gasteiger partial charge in [-0.25, -0.2) is 4.98 Å². The molecule has 1 aliphatic heterocycles. The van der Waals surface area contributed by atoms with Crippen molar-refractivity contribution in [1.82, 2.24) is 14.7 Å². The number of hydrogen-bond acceptors (Lipinski definition) is 3. The van der Waals surface area contributed by atoms with Crippen molar-refractivity contribution >= 4 is 11.5 Å². The number of anilines is 1. The molecule has 0 spiro atoms. The lowest BCUT2D eigenvalue weighted by atomic mass is 9.99. The standard InChI is InChI=1S/C15H22N4/c1-2-18(12-13-5-4-8-16-11-13)15-7-3-6-14-17-9-10-19(14)15/h3,6-7,9-10,13,16H,2,4-5,8,11-12H2,1H3. The van der Waals surface area contributed by atoms with Crippen molar-refractivity contribution in [2.75, 3.05) is 31.1 Å². The molecule has 1 saturated heterocycles. The number of pyridine rings is 1. The summed E-state index contributed by atoms with van der Waals surface area (Å²) in [6.45, 7) is 6.72. The highest BCUT2D eigenvalue weighted by atomic mass is 15.2. The van der Waals surface area contributed by atoms with E-state index in [1.54, 1.807) is 0 Å². The average Bonchev–Trinajstić information content (AvgIpc) is 2.94. The van der Waals surface area contributed by atoms with Crippen molar-refractivity contribution < 1.29 is 0 Å². The van der Waals surface area contributed by atoms with Crippen LogP contribution in [0.5, 0.6) is 0 Å². The second-order valence-electron chi connectivity index (χ2n) is 5.29. The molecule has 1 aliphatic rings. The molecule has 0 radical (unpaired) electrons. The van der Waals surface area contributed by atoms with Gasteiger partial charge in [0.25, 0.3) is 0 Å². The lowest BCUT2D eigenvalue weighted by molar-refractivity contribution is 0.377. The summed E-state index contributed by atoms with van der Waals surface area (Å²) < 4.78 is 2.18. The molecule has 19 heavy (non-hydrogen) atoms. The van der Waals surface area contributed by atoms with Crippen LogP contribution in [0.25, 0.3) is 5.65 Å². The molecule has 2 aromatic heterocycles. The topological polar surface area (TPSA) is 32.6 Å². The number of piperidine rings is 1. The first-order valence-corrected chi connectivity index (χ1v) is 7.26. The predicted octanol–water partition coefficient (Wildman–Crippen LogP) is 2.16. The zero-order valence-corrected chi connectivity index (χ0v) is 11.5. The molecule has 102 valence electrons. The minimum atomic E-state index is 0.757. The van der Waals surface area contributed by atoms with E-state index in [2.05, 4.69) is 44.7 Å². The van der Waals surface area contributed by atoms with Crippen molar-refractivity contribution in [2.45, 2.75) is 19.8 Å². The Labute approximate surface area is 114 Å². The van der Waals surface area contributed by atoms with Crippen LogP contribution in [0.1, 0.15) is 19.8 Å². The lowest BCUT2D eigenvalue weighted by Gasteiger charge is -2.31. The van der Waals surface area contributed by atoms with Crippen LogP contribution >= 0.6 is 0 Å². The maximum absolute atomic E-state index is 4.37. The highest BCUT2D eigenvalue weighted by Crippen LogP contribution is 2.20. The SMILES string of the molecule is CCN(CC1CCCNC1)c1cccc2nccn12. The highest BCUT2D eigenvalue weighted by Gasteiger charge is 2.17. The fourth-order valence-corrected chi connectivity index (χ4v) is 2.97. The summed E-state index contributed by atoms with van der Waals surface area (Å²) in [5.41, 5.74) is 1.03. The van der Waals surface area contributed by atoms with Crippen LogP contribution in [0.2, 0.25) is 0 Å². The van der Waals surface area contributed by atoms with Crippen LogP contribution in [-0.4, -0.2) is 35.6 Å². The van der Waals surface area contributed by atoms with E-state index in [4.69, 9.17) is 0 Å². The molecule has 0 aliphatic carbocycles. The Morgan fingerprint density at radius 2 is 2.42 bits per heavy atom. The third-order valence-corrected chi connectivity index (χ3v) is 3.99. The summed E-state index contributed by atoms with van der Waals surface area (Å²) in [6.07, 6.45) is 6.56. The summed E-state index contributed by atoms with van der Waals surface area (Å²) in [4.78, 5) is 6.83. The smallest absolute Gasteiger partial charge is 0.138 e. The third kappa shape index (κ3) is 2.59. The number of nitrogens with one attached hydrogen (secondary N) is 1. The first-order chi connectivity index (χ1) is 9.38. The molecule has 2 aromatic rings. The Bertz CT molecular complexity index is 528. The number of fused-ring (bicyclic) bond motifs is 1. The van der Waals surface area contributed by atoms with Crippen molar-refractivity contribution in [2.24, 2.45) is 5.92 Å². The average molecular weight is 258 g/mol. The number of nitrogens with zero attached hydrogens (tertiary/aromatic N) is 3. The number of rotatable bonds is 4. The van der Waals surface area contributed by atoms with Crippen LogP contribution in [0.3, 0.4) is 0 Å². The van der Waals surface area contributed by atoms with E-state index in [-0.39, 0.29) is 0 Å². The molecule has 1 unspecified atom stereocenters. The molecule has 3 rings (SSSR count). The van der Waals surface area contributed by atoms with Gasteiger partial charge in [-0.3, -0.25) is 4.40 Å². The van der Waals surface area contributed by atoms with Gasteiger partial charge in [0.1, 0.15) is 11.5 Å². The summed E-state index contributed by atoms with van der Waals surface area (Å²) in [5.74, 6) is 2.01. The Balaban J connectivity index is 1.82. The summed E-state index contributed by atoms with van der Waals surface area (Å²) in [7, 11) is 0. The molecule has 4 nitrogen and oxygen atoms in total. The second-order valence-corrected chi connectivity index (χ2v) is 5.29. The van der Waals surface area contributed by atoms with Gasteiger partial charge in [0.2, 0.25) is 0 Å². The predicted molar refractivity (Wildman–Crippen MR) is 78.7 cm³/mol. The third-order valence-electron chi connectivity index (χ3n) is 3.99. The quantitative estimate of drug-likeness (QED) is 0.912. The van der Waals surface area contributed by atoms with Gasteiger partial charge in [0.05, 0.1) is 0 Å². The molecular formula is C15H22N4. The normalized spacial score (nSPS) is 19.7. The van der Waals surface area contributed by atoms with E-state index in [9.17, 15) is 0 Å². The molecule has 0 aromatic carbocycles. The van der Waals surface area contributed by atoms with Crippen LogP contribution in [0.15, 0.2) is 30.6 Å². The zero-order valence-electron chi connectivity index (χ0n) is 11.5. The van der Waals surface area contributed by atoms with Gasteiger partial charge < -0.3 is 10.2 Å². The number of hydrogen-bond donors (Lipinski definition) is 1. The Hall–Kier alpha value is -1.55. The largest absolute Gasteiger partial charge is 0.358 e. The molecule has 0 saturated carbocycles.